The maximum atomic E-state index is 11.0. The summed E-state index contributed by atoms with van der Waals surface area (Å²) in [5.41, 5.74) is 3.39. The minimum Gasteiger partial charge on any atom is -0.506 e. The smallest absolute Gasteiger partial charge is 0.339 e. The van der Waals surface area contributed by atoms with Crippen LogP contribution in [0.25, 0.3) is 0 Å². The fourth-order valence-corrected chi connectivity index (χ4v) is 2.31. The number of carbonyl (C=O) groups is 1. The first-order chi connectivity index (χ1) is 10.6. The van der Waals surface area contributed by atoms with Crippen LogP contribution in [0.5, 0.6) is 5.75 Å². The Morgan fingerprint density at radius 1 is 1.27 bits per heavy atom. The number of phenols is 1. The van der Waals surface area contributed by atoms with Gasteiger partial charge in [0.1, 0.15) is 11.3 Å². The molecule has 0 aliphatic carbocycles. The van der Waals surface area contributed by atoms with Crippen LogP contribution in [0, 0.1) is 0 Å². The standard InChI is InChI=1S/C15H11ClN2O4/c16-9-4-1-3-8(7-9)14-17-13(18-22-14)10-5-2-6-11(12(10)19)15(20)21/h1-7,14,19H,(H,17,18)(H,20,21). The molecule has 3 N–H and O–H groups in total. The summed E-state index contributed by atoms with van der Waals surface area (Å²) in [5.74, 6) is -1.33. The van der Waals surface area contributed by atoms with Gasteiger partial charge in [0, 0.05) is 10.6 Å². The van der Waals surface area contributed by atoms with Crippen LogP contribution in [-0.4, -0.2) is 22.0 Å². The summed E-state index contributed by atoms with van der Waals surface area (Å²) in [5, 5.41) is 19.6. The molecule has 1 atom stereocenters. The van der Waals surface area contributed by atoms with Gasteiger partial charge in [-0.3, -0.25) is 0 Å². The summed E-state index contributed by atoms with van der Waals surface area (Å²) in [4.78, 5) is 20.7. The Bertz CT molecular complexity index is 776. The van der Waals surface area contributed by atoms with E-state index in [4.69, 9.17) is 21.5 Å². The van der Waals surface area contributed by atoms with Crippen molar-refractivity contribution in [2.24, 2.45) is 4.99 Å². The van der Waals surface area contributed by atoms with Gasteiger partial charge in [-0.2, -0.15) is 0 Å². The number of hydrogen-bond acceptors (Lipinski definition) is 5. The van der Waals surface area contributed by atoms with E-state index in [1.165, 1.54) is 12.1 Å². The average Bonchev–Trinajstić information content (AvgIpc) is 2.97. The summed E-state index contributed by atoms with van der Waals surface area (Å²) in [6, 6.07) is 11.4. The van der Waals surface area contributed by atoms with Crippen molar-refractivity contribution in [3.63, 3.8) is 0 Å². The Morgan fingerprint density at radius 2 is 2.05 bits per heavy atom. The van der Waals surface area contributed by atoms with Crippen LogP contribution in [0.1, 0.15) is 27.7 Å². The summed E-state index contributed by atoms with van der Waals surface area (Å²) < 4.78 is 0. The maximum Gasteiger partial charge on any atom is 0.339 e. The number of nitrogens with zero attached hydrogens (tertiary/aromatic N) is 1. The highest BCUT2D eigenvalue weighted by Gasteiger charge is 2.24. The monoisotopic (exact) mass is 318 g/mol. The van der Waals surface area contributed by atoms with Crippen molar-refractivity contribution >= 4 is 23.4 Å². The van der Waals surface area contributed by atoms with Crippen LogP contribution in [-0.2, 0) is 4.84 Å². The van der Waals surface area contributed by atoms with Crippen molar-refractivity contribution in [2.75, 3.05) is 0 Å². The number of para-hydroxylation sites is 1. The summed E-state index contributed by atoms with van der Waals surface area (Å²) >= 11 is 5.93. The topological polar surface area (TPSA) is 91.2 Å². The number of aromatic carboxylic acids is 1. The Hall–Kier alpha value is -2.57. The number of aromatic hydroxyl groups is 1. The van der Waals surface area contributed by atoms with Crippen LogP contribution in [0.4, 0.5) is 0 Å². The summed E-state index contributed by atoms with van der Waals surface area (Å²) in [7, 11) is 0. The van der Waals surface area contributed by atoms with Gasteiger partial charge < -0.3 is 10.2 Å². The minimum atomic E-state index is -1.22. The normalized spacial score (nSPS) is 17.0. The molecule has 112 valence electrons. The number of amidine groups is 1. The highest BCUT2D eigenvalue weighted by atomic mass is 35.5. The average molecular weight is 319 g/mol. The van der Waals surface area contributed by atoms with Gasteiger partial charge in [-0.1, -0.05) is 29.8 Å². The number of hydrogen-bond donors (Lipinski definition) is 3. The Balaban J connectivity index is 1.96. The Kier molecular flexibility index (Phi) is 3.70. The van der Waals surface area contributed by atoms with E-state index in [1.54, 1.807) is 30.3 Å². The molecule has 2 aromatic carbocycles. The third kappa shape index (κ3) is 2.61. The van der Waals surface area contributed by atoms with E-state index in [2.05, 4.69) is 10.5 Å². The molecule has 0 saturated heterocycles. The quantitative estimate of drug-likeness (QED) is 0.809. The number of rotatable bonds is 3. The van der Waals surface area contributed by atoms with Gasteiger partial charge in [-0.25, -0.2) is 20.1 Å². The zero-order valence-corrected chi connectivity index (χ0v) is 11.9. The van der Waals surface area contributed by atoms with Crippen LogP contribution < -0.4 is 5.48 Å². The van der Waals surface area contributed by atoms with Gasteiger partial charge in [0.2, 0.25) is 6.23 Å². The molecule has 1 aliphatic heterocycles. The first kappa shape index (κ1) is 14.4. The van der Waals surface area contributed by atoms with Crippen LogP contribution in [0.15, 0.2) is 47.5 Å². The molecule has 0 amide bonds. The lowest BCUT2D eigenvalue weighted by Crippen LogP contribution is -2.18. The molecule has 0 fully saturated rings. The van der Waals surface area contributed by atoms with Crippen molar-refractivity contribution in [3.05, 3.63) is 64.2 Å². The van der Waals surface area contributed by atoms with Crippen molar-refractivity contribution in [1.82, 2.24) is 5.48 Å². The van der Waals surface area contributed by atoms with E-state index in [0.717, 1.165) is 5.56 Å². The summed E-state index contributed by atoms with van der Waals surface area (Å²) in [6.45, 7) is 0. The first-order valence-corrected chi connectivity index (χ1v) is 6.74. The lowest BCUT2D eigenvalue weighted by molar-refractivity contribution is 0.0376. The van der Waals surface area contributed by atoms with Crippen LogP contribution in [0.2, 0.25) is 5.02 Å². The van der Waals surface area contributed by atoms with Crippen molar-refractivity contribution in [3.8, 4) is 5.75 Å². The summed E-state index contributed by atoms with van der Waals surface area (Å²) in [6.07, 6.45) is -0.624. The van der Waals surface area contributed by atoms with E-state index in [1.807, 2.05) is 0 Å². The molecule has 6 nitrogen and oxygen atoms in total. The Labute approximate surface area is 130 Å². The lowest BCUT2D eigenvalue weighted by Gasteiger charge is -2.06. The first-order valence-electron chi connectivity index (χ1n) is 6.37. The SMILES string of the molecule is O=C(O)c1cccc(C2=NC(c3cccc(Cl)c3)ON2)c1O. The van der Waals surface area contributed by atoms with Crippen molar-refractivity contribution in [1.29, 1.82) is 0 Å². The number of hydroxylamine groups is 1. The fraction of sp³-hybridized carbons (Fsp3) is 0.0667. The third-order valence-electron chi connectivity index (χ3n) is 3.17. The number of carboxylic acids is 1. The molecule has 0 saturated carbocycles. The highest BCUT2D eigenvalue weighted by Crippen LogP contribution is 2.29. The van der Waals surface area contributed by atoms with Crippen molar-refractivity contribution in [2.45, 2.75) is 6.23 Å². The molecule has 3 rings (SSSR count). The molecule has 0 aromatic heterocycles. The van der Waals surface area contributed by atoms with Gasteiger partial charge in [-0.05, 0) is 24.3 Å². The Morgan fingerprint density at radius 3 is 2.77 bits per heavy atom. The second-order valence-corrected chi connectivity index (χ2v) is 5.05. The minimum absolute atomic E-state index is 0.201. The lowest BCUT2D eigenvalue weighted by atomic mass is 10.1. The molecule has 0 radical (unpaired) electrons. The van der Waals surface area contributed by atoms with E-state index in [9.17, 15) is 9.90 Å². The number of nitrogens with one attached hydrogen (secondary N) is 1. The molecular weight excluding hydrogens is 308 g/mol. The molecule has 0 spiro atoms. The van der Waals surface area contributed by atoms with Gasteiger partial charge in [0.25, 0.3) is 0 Å². The maximum absolute atomic E-state index is 11.0. The van der Waals surface area contributed by atoms with E-state index in [0.29, 0.717) is 5.02 Å². The van der Waals surface area contributed by atoms with Gasteiger partial charge >= 0.3 is 5.97 Å². The van der Waals surface area contributed by atoms with E-state index >= 15 is 0 Å². The molecular formula is C15H11ClN2O4. The van der Waals surface area contributed by atoms with Crippen LogP contribution in [0.3, 0.4) is 0 Å². The largest absolute Gasteiger partial charge is 0.506 e. The molecule has 22 heavy (non-hydrogen) atoms. The molecule has 1 unspecified atom stereocenters. The zero-order valence-electron chi connectivity index (χ0n) is 11.2. The predicted octanol–water partition coefficient (Wildman–Crippen LogP) is 2.72. The molecule has 1 heterocycles. The van der Waals surface area contributed by atoms with Crippen LogP contribution >= 0.6 is 11.6 Å². The molecule has 7 heteroatoms. The van der Waals surface area contributed by atoms with Gasteiger partial charge in [0.05, 0.1) is 5.56 Å². The zero-order chi connectivity index (χ0) is 15.7. The van der Waals surface area contributed by atoms with E-state index in [-0.39, 0.29) is 22.7 Å². The number of carboxylic acid groups (broad SMARTS) is 1. The second kappa shape index (κ2) is 5.67. The fourth-order valence-electron chi connectivity index (χ4n) is 2.12. The second-order valence-electron chi connectivity index (χ2n) is 4.61. The van der Waals surface area contributed by atoms with Gasteiger partial charge in [-0.15, -0.1) is 0 Å². The molecule has 1 aliphatic rings. The molecule has 2 aromatic rings. The predicted molar refractivity (Wildman–Crippen MR) is 80.0 cm³/mol. The number of aliphatic imine (C=N–C) groups is 1. The van der Waals surface area contributed by atoms with Gasteiger partial charge in [0.15, 0.2) is 5.84 Å². The number of benzene rings is 2. The highest BCUT2D eigenvalue weighted by molar-refractivity contribution is 6.30. The van der Waals surface area contributed by atoms with Crippen molar-refractivity contribution < 1.29 is 19.8 Å². The van der Waals surface area contributed by atoms with E-state index < -0.39 is 12.2 Å². The molecule has 0 bridgehead atoms. The number of halogens is 1. The third-order valence-corrected chi connectivity index (χ3v) is 3.40.